The number of benzene rings is 2. The molecule has 0 saturated carbocycles. The van der Waals surface area contributed by atoms with E-state index in [1.807, 2.05) is 24.3 Å². The second-order valence-electron chi connectivity index (χ2n) is 4.02. The van der Waals surface area contributed by atoms with E-state index in [0.29, 0.717) is 15.7 Å². The Hall–Kier alpha value is -1.38. The first-order valence-electron chi connectivity index (χ1n) is 5.93. The zero-order valence-electron chi connectivity index (χ0n) is 10.7. The first-order chi connectivity index (χ1) is 10.1. The molecule has 0 aliphatic carbocycles. The Morgan fingerprint density at radius 3 is 2.57 bits per heavy atom. The molecule has 3 N–H and O–H groups in total. The van der Waals surface area contributed by atoms with Crippen LogP contribution >= 0.6 is 46.4 Å². The number of hydrogen-bond acceptors (Lipinski definition) is 2. The third-order valence-electron chi connectivity index (χ3n) is 2.50. The first-order valence-corrected chi connectivity index (χ1v) is 7.80. The Labute approximate surface area is 146 Å². The summed E-state index contributed by atoms with van der Waals surface area (Å²) in [7, 11) is 0. The van der Waals surface area contributed by atoms with Gasteiger partial charge >= 0.3 is 0 Å². The van der Waals surface area contributed by atoms with Crippen molar-refractivity contribution in [1.29, 1.82) is 0 Å². The Morgan fingerprint density at radius 1 is 1.10 bits per heavy atom. The van der Waals surface area contributed by atoms with Crippen LogP contribution in [0.15, 0.2) is 48.5 Å². The van der Waals surface area contributed by atoms with Gasteiger partial charge in [0.25, 0.3) is 5.91 Å². The number of nitrogens with one attached hydrogen (secondary N) is 3. The van der Waals surface area contributed by atoms with Gasteiger partial charge < -0.3 is 5.32 Å². The number of anilines is 1. The van der Waals surface area contributed by atoms with Crippen molar-refractivity contribution in [2.24, 2.45) is 0 Å². The summed E-state index contributed by atoms with van der Waals surface area (Å²) in [6.07, 6.45) is 0. The van der Waals surface area contributed by atoms with Gasteiger partial charge in [-0.15, -0.1) is 0 Å². The molecule has 0 aliphatic heterocycles. The van der Waals surface area contributed by atoms with Gasteiger partial charge in [0.15, 0.2) is 5.11 Å². The number of halogens is 2. The number of rotatable bonds is 2. The number of para-hydroxylation sites is 1. The van der Waals surface area contributed by atoms with Crippen LogP contribution in [-0.2, 0) is 0 Å². The minimum atomic E-state index is -0.315. The molecule has 108 valence electrons. The maximum Gasteiger partial charge on any atom is 0.269 e. The minimum absolute atomic E-state index is 0.300. The Balaban J connectivity index is 1.90. The number of amides is 1. The van der Waals surface area contributed by atoms with Crippen molar-refractivity contribution in [1.82, 2.24) is 10.9 Å². The predicted octanol–water partition coefficient (Wildman–Crippen LogP) is 3.58. The molecule has 0 aromatic heterocycles. The second kappa shape index (κ2) is 7.58. The van der Waals surface area contributed by atoms with Gasteiger partial charge in [0.05, 0.1) is 5.69 Å². The third-order valence-corrected chi connectivity index (χ3v) is 3.88. The van der Waals surface area contributed by atoms with E-state index in [0.717, 1.165) is 9.26 Å². The van der Waals surface area contributed by atoms with Crippen molar-refractivity contribution in [3.05, 3.63) is 62.7 Å². The van der Waals surface area contributed by atoms with Gasteiger partial charge in [-0.1, -0.05) is 29.8 Å². The molecule has 0 unspecified atom stereocenters. The SMILES string of the molecule is O=C(NNC(=S)Nc1ccccc1I)c1cccc(Cl)c1. The normalized spacial score (nSPS) is 9.81. The number of carbonyl (C=O) groups excluding carboxylic acids is 1. The average Bonchev–Trinajstić information content (AvgIpc) is 2.47. The summed E-state index contributed by atoms with van der Waals surface area (Å²) < 4.78 is 1.03. The van der Waals surface area contributed by atoms with Gasteiger partial charge in [0, 0.05) is 14.2 Å². The van der Waals surface area contributed by atoms with E-state index in [9.17, 15) is 4.79 Å². The van der Waals surface area contributed by atoms with Crippen molar-refractivity contribution in [3.8, 4) is 0 Å². The molecular formula is C14H11ClIN3OS. The quantitative estimate of drug-likeness (QED) is 0.387. The molecule has 2 aromatic carbocycles. The van der Waals surface area contributed by atoms with Crippen molar-refractivity contribution < 1.29 is 4.79 Å². The maximum atomic E-state index is 11.9. The summed E-state index contributed by atoms with van der Waals surface area (Å²) in [4.78, 5) is 11.9. The molecule has 2 rings (SSSR count). The van der Waals surface area contributed by atoms with E-state index >= 15 is 0 Å². The summed E-state index contributed by atoms with van der Waals surface area (Å²) in [5.74, 6) is -0.315. The van der Waals surface area contributed by atoms with Gasteiger partial charge in [-0.25, -0.2) is 0 Å². The molecule has 0 atom stereocenters. The molecule has 1 amide bonds. The maximum absolute atomic E-state index is 11.9. The highest BCUT2D eigenvalue weighted by molar-refractivity contribution is 14.1. The number of hydrogen-bond donors (Lipinski definition) is 3. The lowest BCUT2D eigenvalue weighted by atomic mass is 10.2. The molecule has 0 aliphatic rings. The summed E-state index contributed by atoms with van der Waals surface area (Å²) in [6.45, 7) is 0. The second-order valence-corrected chi connectivity index (χ2v) is 6.03. The van der Waals surface area contributed by atoms with E-state index in [2.05, 4.69) is 38.8 Å². The summed E-state index contributed by atoms with van der Waals surface area (Å²) in [6, 6.07) is 14.3. The smallest absolute Gasteiger partial charge is 0.269 e. The molecule has 0 bridgehead atoms. The van der Waals surface area contributed by atoms with Crippen molar-refractivity contribution in [2.45, 2.75) is 0 Å². The summed E-state index contributed by atoms with van der Waals surface area (Å²) >= 11 is 13.2. The van der Waals surface area contributed by atoms with Crippen molar-refractivity contribution in [2.75, 3.05) is 5.32 Å². The highest BCUT2D eigenvalue weighted by atomic mass is 127. The highest BCUT2D eigenvalue weighted by Gasteiger charge is 2.06. The van der Waals surface area contributed by atoms with Crippen LogP contribution in [0.4, 0.5) is 5.69 Å². The van der Waals surface area contributed by atoms with E-state index in [1.165, 1.54) is 0 Å². The Bertz CT molecular complexity index is 681. The minimum Gasteiger partial charge on any atom is -0.330 e. The molecule has 0 saturated heterocycles. The molecule has 21 heavy (non-hydrogen) atoms. The van der Waals surface area contributed by atoms with Crippen LogP contribution in [0.5, 0.6) is 0 Å². The molecule has 0 heterocycles. The number of thiocarbonyl (C=S) groups is 1. The fraction of sp³-hybridized carbons (Fsp3) is 0. The van der Waals surface area contributed by atoms with E-state index < -0.39 is 0 Å². The van der Waals surface area contributed by atoms with Gasteiger partial charge in [-0.3, -0.25) is 15.6 Å². The largest absolute Gasteiger partial charge is 0.330 e. The Kier molecular flexibility index (Phi) is 5.77. The van der Waals surface area contributed by atoms with Crippen LogP contribution in [0.1, 0.15) is 10.4 Å². The Morgan fingerprint density at radius 2 is 1.86 bits per heavy atom. The standard InChI is InChI=1S/C14H11ClIN3OS/c15-10-5-3-4-9(8-10)13(20)18-19-14(21)17-12-7-2-1-6-11(12)16/h1-8H,(H,18,20)(H2,17,19,21). The summed E-state index contributed by atoms with van der Waals surface area (Å²) in [5, 5.41) is 3.80. The van der Waals surface area contributed by atoms with Crippen LogP contribution in [0, 0.1) is 3.57 Å². The van der Waals surface area contributed by atoms with Gasteiger partial charge in [-0.05, 0) is 65.1 Å². The van der Waals surface area contributed by atoms with E-state index in [4.69, 9.17) is 23.8 Å². The third kappa shape index (κ3) is 4.83. The number of carbonyl (C=O) groups is 1. The lowest BCUT2D eigenvalue weighted by Crippen LogP contribution is -2.43. The first kappa shape index (κ1) is 16.0. The predicted molar refractivity (Wildman–Crippen MR) is 97.4 cm³/mol. The van der Waals surface area contributed by atoms with Crippen LogP contribution in [0.3, 0.4) is 0 Å². The zero-order chi connectivity index (χ0) is 15.2. The van der Waals surface area contributed by atoms with Crippen LogP contribution in [-0.4, -0.2) is 11.0 Å². The van der Waals surface area contributed by atoms with Crippen LogP contribution in [0.25, 0.3) is 0 Å². The topological polar surface area (TPSA) is 53.2 Å². The van der Waals surface area contributed by atoms with Gasteiger partial charge in [0.1, 0.15) is 0 Å². The van der Waals surface area contributed by atoms with Gasteiger partial charge in [0.2, 0.25) is 0 Å². The fourth-order valence-electron chi connectivity index (χ4n) is 1.53. The lowest BCUT2D eigenvalue weighted by Gasteiger charge is -2.12. The summed E-state index contributed by atoms with van der Waals surface area (Å²) in [5.41, 5.74) is 6.48. The van der Waals surface area contributed by atoms with Gasteiger partial charge in [-0.2, -0.15) is 0 Å². The highest BCUT2D eigenvalue weighted by Crippen LogP contribution is 2.16. The fourth-order valence-corrected chi connectivity index (χ4v) is 2.41. The molecule has 2 aromatic rings. The molecule has 0 fully saturated rings. The molecule has 4 nitrogen and oxygen atoms in total. The molecule has 7 heteroatoms. The van der Waals surface area contributed by atoms with E-state index in [-0.39, 0.29) is 5.91 Å². The van der Waals surface area contributed by atoms with E-state index in [1.54, 1.807) is 24.3 Å². The van der Waals surface area contributed by atoms with Crippen LogP contribution in [0.2, 0.25) is 5.02 Å². The monoisotopic (exact) mass is 431 g/mol. The van der Waals surface area contributed by atoms with Crippen molar-refractivity contribution in [3.63, 3.8) is 0 Å². The number of hydrazine groups is 1. The zero-order valence-corrected chi connectivity index (χ0v) is 14.4. The molecular weight excluding hydrogens is 421 g/mol. The molecule has 0 spiro atoms. The lowest BCUT2D eigenvalue weighted by molar-refractivity contribution is 0.0944. The van der Waals surface area contributed by atoms with Crippen LogP contribution < -0.4 is 16.2 Å². The average molecular weight is 432 g/mol. The van der Waals surface area contributed by atoms with Crippen molar-refractivity contribution >= 4 is 63.1 Å². The molecule has 0 radical (unpaired) electrons.